The lowest BCUT2D eigenvalue weighted by atomic mass is 10.1. The fraction of sp³-hybridized carbons (Fsp3) is 0.667. The van der Waals surface area contributed by atoms with Crippen LogP contribution in [0.4, 0.5) is 0 Å². The average molecular weight is 233 g/mol. The second kappa shape index (κ2) is 5.52. The van der Waals surface area contributed by atoms with E-state index < -0.39 is 0 Å². The van der Waals surface area contributed by atoms with Gasteiger partial charge in [-0.05, 0) is 50.7 Å². The van der Waals surface area contributed by atoms with Crippen molar-refractivity contribution in [3.8, 4) is 0 Å². The van der Waals surface area contributed by atoms with E-state index in [1.807, 2.05) is 6.92 Å². The van der Waals surface area contributed by atoms with E-state index in [9.17, 15) is 4.79 Å². The van der Waals surface area contributed by atoms with Gasteiger partial charge >= 0.3 is 0 Å². The van der Waals surface area contributed by atoms with Crippen molar-refractivity contribution in [2.75, 3.05) is 0 Å². The highest BCUT2D eigenvalue weighted by atomic mass is 16.1. The largest absolute Gasteiger partial charge is 0.312 e. The molecule has 1 aromatic heterocycles. The van der Waals surface area contributed by atoms with Crippen LogP contribution in [0.5, 0.6) is 0 Å². The lowest BCUT2D eigenvalue weighted by Crippen LogP contribution is -2.27. The molecule has 0 aliphatic heterocycles. The maximum absolute atomic E-state index is 12.2. The van der Waals surface area contributed by atoms with E-state index in [0.717, 1.165) is 37.8 Å². The molecule has 0 radical (unpaired) electrons. The number of hydrogen-bond donors (Lipinski definition) is 0. The summed E-state index contributed by atoms with van der Waals surface area (Å²) in [5.74, 6) is 0. The van der Waals surface area contributed by atoms with Gasteiger partial charge in [-0.15, -0.1) is 0 Å². The number of unbranched alkanes of at least 4 members (excludes halogenated alkanes) is 1. The molecule has 0 spiro atoms. The minimum absolute atomic E-state index is 0.235. The molecule has 0 saturated heterocycles. The summed E-state index contributed by atoms with van der Waals surface area (Å²) in [4.78, 5) is 12.2. The Hall–Kier alpha value is -1.05. The van der Waals surface area contributed by atoms with Crippen LogP contribution in [-0.4, -0.2) is 4.57 Å². The molecule has 2 rings (SSSR count). The van der Waals surface area contributed by atoms with Crippen LogP contribution in [-0.2, 0) is 19.4 Å². The van der Waals surface area contributed by atoms with Crippen LogP contribution in [0.2, 0.25) is 0 Å². The summed E-state index contributed by atoms with van der Waals surface area (Å²) in [5.41, 5.74) is 3.91. The van der Waals surface area contributed by atoms with Crippen LogP contribution >= 0.6 is 0 Å². The molecule has 1 heterocycles. The fourth-order valence-electron chi connectivity index (χ4n) is 2.76. The predicted molar refractivity (Wildman–Crippen MR) is 71.6 cm³/mol. The van der Waals surface area contributed by atoms with Crippen molar-refractivity contribution in [1.29, 1.82) is 0 Å². The van der Waals surface area contributed by atoms with Crippen LogP contribution < -0.4 is 5.56 Å². The number of aryl methyl sites for hydroxylation is 2. The number of hydrogen-bond acceptors (Lipinski definition) is 1. The molecule has 1 aliphatic rings. The van der Waals surface area contributed by atoms with Crippen LogP contribution in [0, 0.1) is 6.92 Å². The van der Waals surface area contributed by atoms with Gasteiger partial charge in [0.2, 0.25) is 0 Å². The first-order chi connectivity index (χ1) is 8.24. The predicted octanol–water partition coefficient (Wildman–Crippen LogP) is 3.23. The highest BCUT2D eigenvalue weighted by Crippen LogP contribution is 2.20. The average Bonchev–Trinajstić information content (AvgIpc) is 2.55. The third kappa shape index (κ3) is 2.62. The summed E-state index contributed by atoms with van der Waals surface area (Å²) in [5, 5.41) is 0. The third-order valence-electron chi connectivity index (χ3n) is 3.76. The molecule has 0 fully saturated rings. The van der Waals surface area contributed by atoms with Crippen molar-refractivity contribution >= 4 is 0 Å². The Balaban J connectivity index is 2.46. The van der Waals surface area contributed by atoms with Crippen molar-refractivity contribution in [2.24, 2.45) is 0 Å². The van der Waals surface area contributed by atoms with Gasteiger partial charge < -0.3 is 4.57 Å². The van der Waals surface area contributed by atoms with Gasteiger partial charge in [-0.1, -0.05) is 19.8 Å². The molecule has 0 saturated carbocycles. The standard InChI is InChI=1S/C15H23NO/c1-3-4-10-16-14-9-7-5-6-8-13(14)11-12(2)15(16)17/h11H,3-10H2,1-2H3. The smallest absolute Gasteiger partial charge is 0.253 e. The molecular weight excluding hydrogens is 210 g/mol. The van der Waals surface area contributed by atoms with Crippen LogP contribution in [0.15, 0.2) is 10.9 Å². The van der Waals surface area contributed by atoms with Gasteiger partial charge in [0.25, 0.3) is 5.56 Å². The van der Waals surface area contributed by atoms with Crippen molar-refractivity contribution < 1.29 is 0 Å². The topological polar surface area (TPSA) is 22.0 Å². The Labute approximate surface area is 104 Å². The summed E-state index contributed by atoms with van der Waals surface area (Å²) in [6, 6.07) is 2.13. The van der Waals surface area contributed by atoms with Crippen LogP contribution in [0.1, 0.15) is 55.8 Å². The second-order valence-corrected chi connectivity index (χ2v) is 5.17. The van der Waals surface area contributed by atoms with E-state index in [-0.39, 0.29) is 5.56 Å². The first kappa shape index (κ1) is 12.4. The molecule has 1 aromatic rings. The Kier molecular flexibility index (Phi) is 4.03. The second-order valence-electron chi connectivity index (χ2n) is 5.17. The SMILES string of the molecule is CCCCn1c2c(cc(C)c1=O)CCCCC2. The van der Waals surface area contributed by atoms with Crippen molar-refractivity contribution in [1.82, 2.24) is 4.57 Å². The number of nitrogens with zero attached hydrogens (tertiary/aromatic N) is 1. The van der Waals surface area contributed by atoms with E-state index in [0.29, 0.717) is 0 Å². The van der Waals surface area contributed by atoms with Gasteiger partial charge in [0, 0.05) is 17.8 Å². The van der Waals surface area contributed by atoms with Crippen molar-refractivity contribution in [3.05, 3.63) is 33.2 Å². The minimum Gasteiger partial charge on any atom is -0.312 e. The van der Waals surface area contributed by atoms with Gasteiger partial charge in [-0.25, -0.2) is 0 Å². The molecular formula is C15H23NO. The van der Waals surface area contributed by atoms with E-state index >= 15 is 0 Å². The van der Waals surface area contributed by atoms with E-state index in [1.54, 1.807) is 0 Å². The maximum Gasteiger partial charge on any atom is 0.253 e. The summed E-state index contributed by atoms with van der Waals surface area (Å²) < 4.78 is 2.06. The zero-order chi connectivity index (χ0) is 12.3. The van der Waals surface area contributed by atoms with Crippen molar-refractivity contribution in [2.45, 2.75) is 65.3 Å². The fourth-order valence-corrected chi connectivity index (χ4v) is 2.76. The monoisotopic (exact) mass is 233 g/mol. The zero-order valence-electron chi connectivity index (χ0n) is 11.1. The van der Waals surface area contributed by atoms with Crippen LogP contribution in [0.25, 0.3) is 0 Å². The summed E-state index contributed by atoms with van der Waals surface area (Å²) in [6.45, 7) is 5.04. The highest BCUT2D eigenvalue weighted by Gasteiger charge is 2.14. The summed E-state index contributed by atoms with van der Waals surface area (Å²) in [6.07, 6.45) is 8.32. The quantitative estimate of drug-likeness (QED) is 0.735. The molecule has 0 N–H and O–H groups in total. The first-order valence-corrected chi connectivity index (χ1v) is 6.96. The molecule has 17 heavy (non-hydrogen) atoms. The van der Waals surface area contributed by atoms with Crippen molar-refractivity contribution in [3.63, 3.8) is 0 Å². The van der Waals surface area contributed by atoms with E-state index in [1.165, 1.54) is 30.5 Å². The zero-order valence-corrected chi connectivity index (χ0v) is 11.1. The number of pyridine rings is 1. The Morgan fingerprint density at radius 1 is 1.24 bits per heavy atom. The molecule has 2 heteroatoms. The van der Waals surface area contributed by atoms with E-state index in [4.69, 9.17) is 0 Å². The number of rotatable bonds is 3. The van der Waals surface area contributed by atoms with Gasteiger partial charge in [-0.2, -0.15) is 0 Å². The molecule has 0 amide bonds. The molecule has 0 atom stereocenters. The van der Waals surface area contributed by atoms with Crippen LogP contribution in [0.3, 0.4) is 0 Å². The maximum atomic E-state index is 12.2. The molecule has 0 bridgehead atoms. The number of fused-ring (bicyclic) bond motifs is 1. The molecule has 94 valence electrons. The van der Waals surface area contributed by atoms with E-state index in [2.05, 4.69) is 17.6 Å². The molecule has 2 nitrogen and oxygen atoms in total. The first-order valence-electron chi connectivity index (χ1n) is 6.96. The minimum atomic E-state index is 0.235. The normalized spacial score (nSPS) is 15.4. The highest BCUT2D eigenvalue weighted by molar-refractivity contribution is 5.27. The lowest BCUT2D eigenvalue weighted by Gasteiger charge is -2.16. The van der Waals surface area contributed by atoms with Gasteiger partial charge in [0.15, 0.2) is 0 Å². The van der Waals surface area contributed by atoms with Gasteiger partial charge in [0.05, 0.1) is 0 Å². The summed E-state index contributed by atoms with van der Waals surface area (Å²) >= 11 is 0. The molecule has 1 aliphatic carbocycles. The summed E-state index contributed by atoms with van der Waals surface area (Å²) in [7, 11) is 0. The Bertz CT molecular complexity index is 445. The Morgan fingerprint density at radius 2 is 2.00 bits per heavy atom. The van der Waals surface area contributed by atoms with Gasteiger partial charge in [-0.3, -0.25) is 4.79 Å². The lowest BCUT2D eigenvalue weighted by molar-refractivity contribution is 0.576. The molecule has 0 unspecified atom stereocenters. The third-order valence-corrected chi connectivity index (χ3v) is 3.76. The molecule has 0 aromatic carbocycles. The Morgan fingerprint density at radius 3 is 2.76 bits per heavy atom. The van der Waals surface area contributed by atoms with Gasteiger partial charge in [0.1, 0.15) is 0 Å². The number of aromatic nitrogens is 1.